The molecule has 0 bridgehead atoms. The molecule has 0 aliphatic carbocycles. The van der Waals surface area contributed by atoms with E-state index in [4.69, 9.17) is 9.15 Å². The van der Waals surface area contributed by atoms with Crippen LogP contribution in [0.25, 0.3) is 11.3 Å². The first-order valence-corrected chi connectivity index (χ1v) is 8.37. The summed E-state index contributed by atoms with van der Waals surface area (Å²) in [5.74, 6) is -0.478. The normalized spacial score (nSPS) is 10.4. The lowest BCUT2D eigenvalue weighted by atomic mass is 10.1. The summed E-state index contributed by atoms with van der Waals surface area (Å²) < 4.78 is 10.5. The van der Waals surface area contributed by atoms with Gasteiger partial charge >= 0.3 is 5.97 Å². The average Bonchev–Trinajstić information content (AvgIpc) is 3.31. The van der Waals surface area contributed by atoms with E-state index in [-0.39, 0.29) is 23.9 Å². The Bertz CT molecular complexity index is 904. The van der Waals surface area contributed by atoms with Gasteiger partial charge in [0.15, 0.2) is 12.4 Å². The van der Waals surface area contributed by atoms with Crippen LogP contribution < -0.4 is 0 Å². The highest BCUT2D eigenvalue weighted by molar-refractivity contribution is 7.12. The summed E-state index contributed by atoms with van der Waals surface area (Å²) in [5.41, 5.74) is 1.33. The van der Waals surface area contributed by atoms with Crippen molar-refractivity contribution < 1.29 is 23.5 Å². The van der Waals surface area contributed by atoms with Gasteiger partial charge in [0.25, 0.3) is 0 Å². The van der Waals surface area contributed by atoms with Gasteiger partial charge in [-0.25, -0.2) is 4.79 Å². The second-order valence-electron chi connectivity index (χ2n) is 5.27. The van der Waals surface area contributed by atoms with Gasteiger partial charge in [0.05, 0.1) is 4.88 Å². The molecule has 25 heavy (non-hydrogen) atoms. The number of ether oxygens (including phenoxy) is 1. The molecule has 1 aromatic carbocycles. The predicted octanol–water partition coefficient (Wildman–Crippen LogP) is 4.25. The van der Waals surface area contributed by atoms with Gasteiger partial charge in [0, 0.05) is 11.1 Å². The molecule has 0 aliphatic rings. The monoisotopic (exact) mass is 354 g/mol. The quantitative estimate of drug-likeness (QED) is 0.489. The van der Waals surface area contributed by atoms with Crippen molar-refractivity contribution in [3.8, 4) is 11.3 Å². The molecule has 0 aliphatic heterocycles. The maximum absolute atomic E-state index is 12.0. The number of benzene rings is 1. The highest BCUT2D eigenvalue weighted by Gasteiger charge is 2.16. The van der Waals surface area contributed by atoms with Gasteiger partial charge in [-0.3, -0.25) is 9.59 Å². The molecule has 0 radical (unpaired) electrons. The molecule has 0 saturated carbocycles. The van der Waals surface area contributed by atoms with E-state index in [1.165, 1.54) is 24.3 Å². The summed E-state index contributed by atoms with van der Waals surface area (Å²) in [6.45, 7) is 1.16. The highest BCUT2D eigenvalue weighted by Crippen LogP contribution is 2.23. The van der Waals surface area contributed by atoms with Crippen LogP contribution >= 0.6 is 11.3 Å². The summed E-state index contributed by atoms with van der Waals surface area (Å²) in [4.78, 5) is 35.7. The highest BCUT2D eigenvalue weighted by atomic mass is 32.1. The molecule has 6 heteroatoms. The lowest BCUT2D eigenvalue weighted by molar-refractivity contribution is 0.0446. The Morgan fingerprint density at radius 3 is 2.44 bits per heavy atom. The minimum atomic E-state index is -0.698. The summed E-state index contributed by atoms with van der Waals surface area (Å²) >= 11 is 1.29. The maximum Gasteiger partial charge on any atom is 0.374 e. The van der Waals surface area contributed by atoms with Crippen LogP contribution in [0.4, 0.5) is 0 Å². The number of esters is 1. The number of thiophene rings is 1. The SMILES string of the molecule is CC(=O)c1ccc(-c2ccc(C(=O)OCC(=O)c3cccs3)o2)cc1. The van der Waals surface area contributed by atoms with E-state index in [1.54, 1.807) is 47.8 Å². The Labute approximate surface area is 147 Å². The molecule has 126 valence electrons. The topological polar surface area (TPSA) is 73.6 Å². The van der Waals surface area contributed by atoms with Gasteiger partial charge in [-0.15, -0.1) is 11.3 Å². The van der Waals surface area contributed by atoms with Crippen molar-refractivity contribution in [1.82, 2.24) is 0 Å². The molecule has 2 heterocycles. The van der Waals surface area contributed by atoms with Crippen LogP contribution in [0.3, 0.4) is 0 Å². The van der Waals surface area contributed by atoms with Crippen LogP contribution in [0.2, 0.25) is 0 Å². The molecule has 3 rings (SSSR count). The summed E-state index contributed by atoms with van der Waals surface area (Å²) in [6, 6.07) is 13.4. The standard InChI is InChI=1S/C19H14O5S/c1-12(20)13-4-6-14(7-5-13)16-8-9-17(24-16)19(22)23-11-15(21)18-3-2-10-25-18/h2-10H,11H2,1H3. The van der Waals surface area contributed by atoms with E-state index < -0.39 is 5.97 Å². The molecule has 3 aromatic rings. The number of hydrogen-bond acceptors (Lipinski definition) is 6. The smallest absolute Gasteiger partial charge is 0.374 e. The van der Waals surface area contributed by atoms with Crippen molar-refractivity contribution in [3.63, 3.8) is 0 Å². The van der Waals surface area contributed by atoms with Gasteiger partial charge in [0.2, 0.25) is 11.5 Å². The minimum absolute atomic E-state index is 0.0182. The second kappa shape index (κ2) is 7.27. The lowest BCUT2D eigenvalue weighted by Crippen LogP contribution is -2.12. The molecule has 5 nitrogen and oxygen atoms in total. The van der Waals surface area contributed by atoms with E-state index in [2.05, 4.69) is 0 Å². The second-order valence-corrected chi connectivity index (χ2v) is 6.22. The van der Waals surface area contributed by atoms with Crippen molar-refractivity contribution >= 4 is 28.9 Å². The Balaban J connectivity index is 1.65. The molecule has 0 unspecified atom stereocenters. The molecule has 0 atom stereocenters. The van der Waals surface area contributed by atoms with Crippen LogP contribution in [0, 0.1) is 0 Å². The van der Waals surface area contributed by atoms with Crippen LogP contribution in [0.5, 0.6) is 0 Å². The molecule has 0 saturated heterocycles. The fraction of sp³-hybridized carbons (Fsp3) is 0.105. The number of hydrogen-bond donors (Lipinski definition) is 0. The van der Waals surface area contributed by atoms with Crippen LogP contribution in [-0.4, -0.2) is 24.1 Å². The van der Waals surface area contributed by atoms with Crippen LogP contribution in [-0.2, 0) is 4.74 Å². The molecule has 0 amide bonds. The van der Waals surface area contributed by atoms with Gasteiger partial charge < -0.3 is 9.15 Å². The zero-order valence-electron chi connectivity index (χ0n) is 13.4. The largest absolute Gasteiger partial charge is 0.451 e. The van der Waals surface area contributed by atoms with Gasteiger partial charge in [0.1, 0.15) is 5.76 Å². The van der Waals surface area contributed by atoms with Gasteiger partial charge in [-0.2, -0.15) is 0 Å². The Morgan fingerprint density at radius 2 is 1.80 bits per heavy atom. The average molecular weight is 354 g/mol. The first kappa shape index (κ1) is 16.9. The minimum Gasteiger partial charge on any atom is -0.451 e. The Kier molecular flexibility index (Phi) is 4.90. The number of Topliss-reactive ketones (excluding diaryl/α,β-unsaturated/α-hetero) is 2. The van der Waals surface area contributed by atoms with E-state index >= 15 is 0 Å². The molecule has 0 fully saturated rings. The van der Waals surface area contributed by atoms with E-state index in [9.17, 15) is 14.4 Å². The molecule has 0 N–H and O–H groups in total. The zero-order valence-corrected chi connectivity index (χ0v) is 14.2. The summed E-state index contributed by atoms with van der Waals surface area (Å²) in [5, 5.41) is 1.78. The number of furan rings is 1. The van der Waals surface area contributed by atoms with Crippen LogP contribution in [0.1, 0.15) is 37.5 Å². The molecule has 0 spiro atoms. The fourth-order valence-electron chi connectivity index (χ4n) is 2.18. The van der Waals surface area contributed by atoms with Crippen molar-refractivity contribution in [3.05, 3.63) is 70.1 Å². The number of carbonyl (C=O) groups is 3. The van der Waals surface area contributed by atoms with Crippen molar-refractivity contribution in [1.29, 1.82) is 0 Å². The third-order valence-electron chi connectivity index (χ3n) is 3.51. The summed E-state index contributed by atoms with van der Waals surface area (Å²) in [6.07, 6.45) is 0. The first-order chi connectivity index (χ1) is 12.0. The third kappa shape index (κ3) is 3.92. The maximum atomic E-state index is 12.0. The number of carbonyl (C=O) groups excluding carboxylic acids is 3. The van der Waals surface area contributed by atoms with Crippen molar-refractivity contribution in [2.45, 2.75) is 6.92 Å². The van der Waals surface area contributed by atoms with Crippen LogP contribution in [0.15, 0.2) is 58.3 Å². The molecular weight excluding hydrogens is 340 g/mol. The Hall–Kier alpha value is -2.99. The van der Waals surface area contributed by atoms with Crippen molar-refractivity contribution in [2.75, 3.05) is 6.61 Å². The molecular formula is C19H14O5S. The van der Waals surface area contributed by atoms with E-state index in [0.29, 0.717) is 16.2 Å². The fourth-order valence-corrected chi connectivity index (χ4v) is 2.83. The van der Waals surface area contributed by atoms with Gasteiger partial charge in [-0.05, 0) is 30.5 Å². The summed E-state index contributed by atoms with van der Waals surface area (Å²) in [7, 11) is 0. The zero-order chi connectivity index (χ0) is 17.8. The van der Waals surface area contributed by atoms with Crippen molar-refractivity contribution in [2.24, 2.45) is 0 Å². The third-order valence-corrected chi connectivity index (χ3v) is 4.42. The number of rotatable bonds is 6. The predicted molar refractivity (Wildman–Crippen MR) is 93.1 cm³/mol. The van der Waals surface area contributed by atoms with E-state index in [0.717, 1.165) is 5.56 Å². The number of ketones is 2. The lowest BCUT2D eigenvalue weighted by Gasteiger charge is -2.01. The first-order valence-electron chi connectivity index (χ1n) is 7.49. The van der Waals surface area contributed by atoms with Gasteiger partial charge in [-0.1, -0.05) is 30.3 Å². The Morgan fingerprint density at radius 1 is 1.04 bits per heavy atom. The van der Waals surface area contributed by atoms with E-state index in [1.807, 2.05) is 0 Å². The molecule has 2 aromatic heterocycles.